The lowest BCUT2D eigenvalue weighted by Gasteiger charge is -2.38. The van der Waals surface area contributed by atoms with Gasteiger partial charge in [-0.15, -0.1) is 0 Å². The van der Waals surface area contributed by atoms with Crippen molar-refractivity contribution in [2.75, 3.05) is 18.5 Å². The lowest BCUT2D eigenvalue weighted by molar-refractivity contribution is -0.149. The van der Waals surface area contributed by atoms with E-state index in [0.29, 0.717) is 25.2 Å². The summed E-state index contributed by atoms with van der Waals surface area (Å²) in [4.78, 5) is 27.6. The highest BCUT2D eigenvalue weighted by Gasteiger charge is 2.46. The molecule has 8 nitrogen and oxygen atoms in total. The molecule has 2 aromatic carbocycles. The fourth-order valence-electron chi connectivity index (χ4n) is 6.42. The summed E-state index contributed by atoms with van der Waals surface area (Å²) in [6, 6.07) is 14.0. The van der Waals surface area contributed by atoms with Gasteiger partial charge in [0.05, 0.1) is 19.1 Å². The number of rotatable bonds is 5. The van der Waals surface area contributed by atoms with E-state index in [2.05, 4.69) is 22.8 Å². The Labute approximate surface area is 217 Å². The maximum Gasteiger partial charge on any atom is 0.319 e. The zero-order valence-corrected chi connectivity index (χ0v) is 21.0. The number of urea groups is 1. The Morgan fingerprint density at radius 2 is 1.89 bits per heavy atom. The zero-order chi connectivity index (χ0) is 25.4. The van der Waals surface area contributed by atoms with Crippen LogP contribution in [0, 0.1) is 0 Å². The number of hydrogen-bond donors (Lipinski definition) is 3. The van der Waals surface area contributed by atoms with E-state index in [1.54, 1.807) is 0 Å². The number of fused-ring (bicyclic) bond motifs is 4. The summed E-state index contributed by atoms with van der Waals surface area (Å²) in [6.45, 7) is 1.16. The van der Waals surface area contributed by atoms with Crippen LogP contribution in [0.3, 0.4) is 0 Å². The molecule has 3 amide bonds. The third-order valence-electron chi connectivity index (χ3n) is 8.33. The second-order valence-corrected chi connectivity index (χ2v) is 10.8. The number of aliphatic hydroxyl groups is 1. The van der Waals surface area contributed by atoms with Gasteiger partial charge in [-0.05, 0) is 55.0 Å². The quantitative estimate of drug-likeness (QED) is 0.575. The van der Waals surface area contributed by atoms with E-state index in [1.807, 2.05) is 35.2 Å². The number of carbonyl (C=O) groups is 2. The first kappa shape index (κ1) is 24.2. The molecule has 2 fully saturated rings. The van der Waals surface area contributed by atoms with Crippen molar-refractivity contribution >= 4 is 17.6 Å². The molecule has 0 radical (unpaired) electrons. The van der Waals surface area contributed by atoms with Crippen LogP contribution < -0.4 is 15.4 Å². The molecule has 0 unspecified atom stereocenters. The minimum absolute atomic E-state index is 0.0135. The number of carbonyl (C=O) groups excluding carboxylic acids is 2. The van der Waals surface area contributed by atoms with Crippen molar-refractivity contribution in [2.45, 2.75) is 81.8 Å². The molecular formula is C29H35N3O5. The van der Waals surface area contributed by atoms with Gasteiger partial charge in [-0.3, -0.25) is 4.79 Å². The predicted octanol–water partition coefficient (Wildman–Crippen LogP) is 3.72. The molecule has 6 rings (SSSR count). The average Bonchev–Trinajstić information content (AvgIpc) is 3.55. The van der Waals surface area contributed by atoms with Gasteiger partial charge in [0.1, 0.15) is 18.0 Å². The van der Waals surface area contributed by atoms with Crippen LogP contribution in [0.15, 0.2) is 42.5 Å². The second-order valence-electron chi connectivity index (χ2n) is 10.8. The predicted molar refractivity (Wildman–Crippen MR) is 139 cm³/mol. The third-order valence-corrected chi connectivity index (χ3v) is 8.33. The topological polar surface area (TPSA) is 100 Å². The molecule has 0 spiro atoms. The minimum Gasteiger partial charge on any atom is -0.487 e. The van der Waals surface area contributed by atoms with E-state index >= 15 is 0 Å². The fraction of sp³-hybridized carbons (Fsp3) is 0.517. The van der Waals surface area contributed by atoms with Gasteiger partial charge >= 0.3 is 6.03 Å². The highest BCUT2D eigenvalue weighted by molar-refractivity contribution is 5.89. The number of anilines is 1. The second kappa shape index (κ2) is 10.3. The zero-order valence-electron chi connectivity index (χ0n) is 21.0. The van der Waals surface area contributed by atoms with Gasteiger partial charge in [-0.25, -0.2) is 4.79 Å². The number of ether oxygens (including phenoxy) is 2. The summed E-state index contributed by atoms with van der Waals surface area (Å²) >= 11 is 0. The molecule has 4 atom stereocenters. The lowest BCUT2D eigenvalue weighted by atomic mass is 9.84. The van der Waals surface area contributed by atoms with Crippen LogP contribution in [-0.2, 0) is 22.5 Å². The number of hydrogen-bond acceptors (Lipinski definition) is 5. The summed E-state index contributed by atoms with van der Waals surface area (Å²) in [7, 11) is 0. The Hall–Kier alpha value is -3.10. The van der Waals surface area contributed by atoms with Crippen LogP contribution >= 0.6 is 0 Å². The molecule has 4 aliphatic rings. The smallest absolute Gasteiger partial charge is 0.319 e. The SMILES string of the molecule is O=C(Nc1ccc2c(c1)[C@@H]1C[C@@H](CC(=O)N3CCc4ccccc4C3)O[C@H](CO)[C@@H]1O2)NC1CCCC1. The molecule has 0 bridgehead atoms. The average molecular weight is 506 g/mol. The highest BCUT2D eigenvalue weighted by Crippen LogP contribution is 2.47. The number of amides is 3. The maximum atomic E-state index is 13.2. The molecule has 2 aromatic rings. The normalized spacial score (nSPS) is 26.6. The highest BCUT2D eigenvalue weighted by atomic mass is 16.6. The summed E-state index contributed by atoms with van der Waals surface area (Å²) < 4.78 is 12.4. The molecular weight excluding hydrogens is 470 g/mol. The van der Waals surface area contributed by atoms with E-state index < -0.39 is 6.10 Å². The molecule has 3 aliphatic heterocycles. The lowest BCUT2D eigenvalue weighted by Crippen LogP contribution is -2.48. The summed E-state index contributed by atoms with van der Waals surface area (Å²) in [5.74, 6) is 0.812. The Kier molecular flexibility index (Phi) is 6.78. The van der Waals surface area contributed by atoms with E-state index in [9.17, 15) is 14.7 Å². The van der Waals surface area contributed by atoms with Crippen LogP contribution in [-0.4, -0.2) is 59.5 Å². The summed E-state index contributed by atoms with van der Waals surface area (Å²) in [5, 5.41) is 16.1. The summed E-state index contributed by atoms with van der Waals surface area (Å²) in [6.07, 6.45) is 5.02. The van der Waals surface area contributed by atoms with Crippen molar-refractivity contribution in [3.8, 4) is 5.75 Å². The fourth-order valence-corrected chi connectivity index (χ4v) is 6.42. The van der Waals surface area contributed by atoms with Crippen molar-refractivity contribution in [1.29, 1.82) is 0 Å². The Balaban J connectivity index is 1.13. The van der Waals surface area contributed by atoms with Gasteiger partial charge in [0, 0.05) is 36.3 Å². The Morgan fingerprint density at radius 1 is 1.08 bits per heavy atom. The molecule has 3 N–H and O–H groups in total. The van der Waals surface area contributed by atoms with Gasteiger partial charge < -0.3 is 30.1 Å². The first-order chi connectivity index (χ1) is 18.1. The van der Waals surface area contributed by atoms with Crippen molar-refractivity contribution in [3.63, 3.8) is 0 Å². The van der Waals surface area contributed by atoms with Crippen LogP contribution in [0.1, 0.15) is 61.1 Å². The molecule has 196 valence electrons. The molecule has 1 aliphatic carbocycles. The Morgan fingerprint density at radius 3 is 2.70 bits per heavy atom. The molecule has 1 saturated carbocycles. The van der Waals surface area contributed by atoms with Crippen LogP contribution in [0.25, 0.3) is 0 Å². The van der Waals surface area contributed by atoms with Crippen molar-refractivity contribution < 1.29 is 24.2 Å². The van der Waals surface area contributed by atoms with Crippen LogP contribution in [0.4, 0.5) is 10.5 Å². The minimum atomic E-state index is -0.506. The van der Waals surface area contributed by atoms with E-state index in [0.717, 1.165) is 43.4 Å². The molecule has 8 heteroatoms. The van der Waals surface area contributed by atoms with E-state index in [-0.39, 0.29) is 49.1 Å². The van der Waals surface area contributed by atoms with Gasteiger partial charge in [-0.2, -0.15) is 0 Å². The first-order valence-corrected chi connectivity index (χ1v) is 13.6. The first-order valence-electron chi connectivity index (χ1n) is 13.6. The summed E-state index contributed by atoms with van der Waals surface area (Å²) in [5.41, 5.74) is 4.22. The van der Waals surface area contributed by atoms with Crippen molar-refractivity contribution in [1.82, 2.24) is 10.2 Å². The standard InChI is InChI=1S/C29H35N3O5/c33-17-26-28-24(14-22(36-26)15-27(34)32-12-11-18-5-1-2-6-19(18)16-32)23-13-21(9-10-25(23)37-28)31-29(35)30-20-7-3-4-8-20/h1-2,5-6,9-10,13,20,22,24,26,28,33H,3-4,7-8,11-12,14-17H2,(H2,30,31,35)/t22-,24-,26+,28+/m0/s1. The van der Waals surface area contributed by atoms with Crippen molar-refractivity contribution in [3.05, 3.63) is 59.2 Å². The largest absolute Gasteiger partial charge is 0.487 e. The van der Waals surface area contributed by atoms with Gasteiger partial charge in [0.2, 0.25) is 5.91 Å². The number of nitrogens with zero attached hydrogens (tertiary/aromatic N) is 1. The maximum absolute atomic E-state index is 13.2. The van der Waals surface area contributed by atoms with E-state index in [4.69, 9.17) is 9.47 Å². The molecule has 1 saturated heterocycles. The van der Waals surface area contributed by atoms with Crippen LogP contribution in [0.5, 0.6) is 5.75 Å². The van der Waals surface area contributed by atoms with E-state index in [1.165, 1.54) is 11.1 Å². The number of nitrogens with one attached hydrogen (secondary N) is 2. The van der Waals surface area contributed by atoms with Crippen molar-refractivity contribution in [2.24, 2.45) is 0 Å². The third kappa shape index (κ3) is 5.05. The van der Waals surface area contributed by atoms with Gasteiger partial charge in [-0.1, -0.05) is 37.1 Å². The number of benzene rings is 2. The molecule has 37 heavy (non-hydrogen) atoms. The monoisotopic (exact) mass is 505 g/mol. The Bertz CT molecular complexity index is 1160. The van der Waals surface area contributed by atoms with Gasteiger partial charge in [0.15, 0.2) is 0 Å². The van der Waals surface area contributed by atoms with Gasteiger partial charge in [0.25, 0.3) is 0 Å². The van der Waals surface area contributed by atoms with Crippen LogP contribution in [0.2, 0.25) is 0 Å². The molecule has 3 heterocycles. The molecule has 0 aromatic heterocycles. The number of aliphatic hydroxyl groups excluding tert-OH is 1.